The largest absolute Gasteiger partial charge is 0.322 e. The van der Waals surface area contributed by atoms with Gasteiger partial charge in [0.2, 0.25) is 0 Å². The van der Waals surface area contributed by atoms with Crippen LogP contribution in [-0.2, 0) is 0 Å². The summed E-state index contributed by atoms with van der Waals surface area (Å²) in [5, 5.41) is 0. The third-order valence-corrected chi connectivity index (χ3v) is 2.63. The molecular weight excluding hydrogens is 186 g/mol. The quantitative estimate of drug-likeness (QED) is 0.773. The zero-order chi connectivity index (χ0) is 11.1. The van der Waals surface area contributed by atoms with Gasteiger partial charge in [0.05, 0.1) is 11.7 Å². The molecule has 80 valence electrons. The standard InChI is InChI=1S/C12H17N3/c1-12(2,3)11(13)9-8-15-7-5-4-6-10(15)14-9/h4-8,11H,13H2,1-3H3/t11-/m0/s1. The Morgan fingerprint density at radius 3 is 2.67 bits per heavy atom. The molecule has 3 nitrogen and oxygen atoms in total. The molecule has 0 fully saturated rings. The SMILES string of the molecule is CC(C)(C)[C@@H](N)c1cn2ccccc2n1. The van der Waals surface area contributed by atoms with Gasteiger partial charge in [0.1, 0.15) is 5.65 Å². The smallest absolute Gasteiger partial charge is 0.137 e. The zero-order valence-electron chi connectivity index (χ0n) is 9.44. The molecule has 1 atom stereocenters. The second-order valence-corrected chi connectivity index (χ2v) is 4.98. The van der Waals surface area contributed by atoms with E-state index >= 15 is 0 Å². The lowest BCUT2D eigenvalue weighted by molar-refractivity contribution is 0.322. The maximum Gasteiger partial charge on any atom is 0.137 e. The second-order valence-electron chi connectivity index (χ2n) is 4.98. The van der Waals surface area contributed by atoms with E-state index in [1.807, 2.05) is 35.0 Å². The molecule has 0 radical (unpaired) electrons. The molecule has 15 heavy (non-hydrogen) atoms. The molecule has 0 saturated carbocycles. The van der Waals surface area contributed by atoms with Crippen molar-refractivity contribution in [1.29, 1.82) is 0 Å². The van der Waals surface area contributed by atoms with E-state index in [9.17, 15) is 0 Å². The molecule has 0 amide bonds. The summed E-state index contributed by atoms with van der Waals surface area (Å²) < 4.78 is 2.00. The lowest BCUT2D eigenvalue weighted by Crippen LogP contribution is -2.26. The molecule has 2 aromatic rings. The molecule has 3 heteroatoms. The van der Waals surface area contributed by atoms with Gasteiger partial charge in [-0.15, -0.1) is 0 Å². The molecule has 0 aliphatic rings. The number of hydrogen-bond acceptors (Lipinski definition) is 2. The summed E-state index contributed by atoms with van der Waals surface area (Å²) in [7, 11) is 0. The van der Waals surface area contributed by atoms with E-state index < -0.39 is 0 Å². The third-order valence-electron chi connectivity index (χ3n) is 2.63. The highest BCUT2D eigenvalue weighted by Crippen LogP contribution is 2.29. The summed E-state index contributed by atoms with van der Waals surface area (Å²) in [6.07, 6.45) is 3.99. The number of nitrogens with zero attached hydrogens (tertiary/aromatic N) is 2. The Balaban J connectivity index is 2.45. The van der Waals surface area contributed by atoms with Gasteiger partial charge in [-0.2, -0.15) is 0 Å². The molecule has 0 aliphatic heterocycles. The first kappa shape index (κ1) is 10.2. The van der Waals surface area contributed by atoms with Crippen LogP contribution in [0.2, 0.25) is 0 Å². The van der Waals surface area contributed by atoms with Crippen molar-refractivity contribution in [3.63, 3.8) is 0 Å². The van der Waals surface area contributed by atoms with Gasteiger partial charge < -0.3 is 10.1 Å². The minimum atomic E-state index is -0.0302. The number of aromatic nitrogens is 2. The third kappa shape index (κ3) is 1.88. The summed E-state index contributed by atoms with van der Waals surface area (Å²) in [5.74, 6) is 0. The van der Waals surface area contributed by atoms with E-state index in [1.165, 1.54) is 0 Å². The summed E-state index contributed by atoms with van der Waals surface area (Å²) in [5.41, 5.74) is 8.10. The van der Waals surface area contributed by atoms with Crippen LogP contribution in [-0.4, -0.2) is 9.38 Å². The highest BCUT2D eigenvalue weighted by Gasteiger charge is 2.24. The van der Waals surface area contributed by atoms with Crippen LogP contribution in [0.15, 0.2) is 30.6 Å². The Labute approximate surface area is 89.9 Å². The van der Waals surface area contributed by atoms with Crippen LogP contribution in [0.1, 0.15) is 32.5 Å². The van der Waals surface area contributed by atoms with Crippen LogP contribution in [0.4, 0.5) is 0 Å². The minimum absolute atomic E-state index is 0.0302. The van der Waals surface area contributed by atoms with E-state index in [-0.39, 0.29) is 11.5 Å². The van der Waals surface area contributed by atoms with Gasteiger partial charge >= 0.3 is 0 Å². The zero-order valence-corrected chi connectivity index (χ0v) is 9.44. The molecule has 0 spiro atoms. The number of nitrogens with two attached hydrogens (primary N) is 1. The fourth-order valence-electron chi connectivity index (χ4n) is 1.55. The number of pyridine rings is 1. The summed E-state index contributed by atoms with van der Waals surface area (Å²) in [4.78, 5) is 4.52. The normalized spacial score (nSPS) is 14.4. The predicted molar refractivity (Wildman–Crippen MR) is 61.6 cm³/mol. The minimum Gasteiger partial charge on any atom is -0.322 e. The van der Waals surface area contributed by atoms with Crippen molar-refractivity contribution in [1.82, 2.24) is 9.38 Å². The molecule has 0 bridgehead atoms. The van der Waals surface area contributed by atoms with Gasteiger partial charge in [-0.25, -0.2) is 4.98 Å². The van der Waals surface area contributed by atoms with Crippen molar-refractivity contribution in [2.24, 2.45) is 11.1 Å². The summed E-state index contributed by atoms with van der Waals surface area (Å²) in [6, 6.07) is 5.92. The average Bonchev–Trinajstić information content (AvgIpc) is 2.58. The first-order valence-electron chi connectivity index (χ1n) is 5.18. The maximum absolute atomic E-state index is 6.16. The van der Waals surface area contributed by atoms with Gasteiger partial charge in [-0.3, -0.25) is 0 Å². The van der Waals surface area contributed by atoms with Crippen molar-refractivity contribution in [2.75, 3.05) is 0 Å². The second kappa shape index (κ2) is 3.35. The van der Waals surface area contributed by atoms with Gasteiger partial charge in [0.15, 0.2) is 0 Å². The number of fused-ring (bicyclic) bond motifs is 1. The lowest BCUT2D eigenvalue weighted by atomic mass is 9.86. The van der Waals surface area contributed by atoms with E-state index in [4.69, 9.17) is 5.73 Å². The summed E-state index contributed by atoms with van der Waals surface area (Å²) in [6.45, 7) is 6.38. The van der Waals surface area contributed by atoms with Gasteiger partial charge in [-0.1, -0.05) is 26.8 Å². The van der Waals surface area contributed by atoms with E-state index in [1.54, 1.807) is 0 Å². The molecule has 2 N–H and O–H groups in total. The highest BCUT2D eigenvalue weighted by atomic mass is 15.0. The maximum atomic E-state index is 6.16. The topological polar surface area (TPSA) is 43.3 Å². The number of hydrogen-bond donors (Lipinski definition) is 1. The van der Waals surface area contributed by atoms with Crippen LogP contribution in [0.25, 0.3) is 5.65 Å². The molecule has 0 aliphatic carbocycles. The Hall–Kier alpha value is -1.35. The van der Waals surface area contributed by atoms with Crippen molar-refractivity contribution < 1.29 is 0 Å². The van der Waals surface area contributed by atoms with E-state index in [2.05, 4.69) is 25.8 Å². The molecule has 0 unspecified atom stereocenters. The molecular formula is C12H17N3. The first-order valence-corrected chi connectivity index (χ1v) is 5.18. The molecule has 0 saturated heterocycles. The van der Waals surface area contributed by atoms with Crippen molar-refractivity contribution in [3.05, 3.63) is 36.3 Å². The van der Waals surface area contributed by atoms with Gasteiger partial charge in [-0.05, 0) is 17.5 Å². The van der Waals surface area contributed by atoms with E-state index in [0.29, 0.717) is 0 Å². The predicted octanol–water partition coefficient (Wildman–Crippen LogP) is 2.38. The van der Waals surface area contributed by atoms with Gasteiger partial charge in [0.25, 0.3) is 0 Å². The molecule has 2 aromatic heterocycles. The molecule has 2 heterocycles. The van der Waals surface area contributed by atoms with Crippen LogP contribution in [0, 0.1) is 5.41 Å². The lowest BCUT2D eigenvalue weighted by Gasteiger charge is -2.25. The fraction of sp³-hybridized carbons (Fsp3) is 0.417. The summed E-state index contributed by atoms with van der Waals surface area (Å²) >= 11 is 0. The van der Waals surface area contributed by atoms with Crippen LogP contribution < -0.4 is 5.73 Å². The van der Waals surface area contributed by atoms with Crippen molar-refractivity contribution in [3.8, 4) is 0 Å². The highest BCUT2D eigenvalue weighted by molar-refractivity contribution is 5.40. The Bertz CT molecular complexity index is 432. The van der Waals surface area contributed by atoms with Crippen LogP contribution in [0.3, 0.4) is 0 Å². The molecule has 0 aromatic carbocycles. The number of rotatable bonds is 1. The average molecular weight is 203 g/mol. The van der Waals surface area contributed by atoms with Crippen molar-refractivity contribution in [2.45, 2.75) is 26.8 Å². The van der Waals surface area contributed by atoms with Crippen LogP contribution in [0.5, 0.6) is 0 Å². The fourth-order valence-corrected chi connectivity index (χ4v) is 1.55. The number of imidazole rings is 1. The van der Waals surface area contributed by atoms with Gasteiger partial charge in [0, 0.05) is 12.4 Å². The first-order chi connectivity index (χ1) is 6.98. The monoisotopic (exact) mass is 203 g/mol. The van der Waals surface area contributed by atoms with Crippen LogP contribution >= 0.6 is 0 Å². The Morgan fingerprint density at radius 2 is 2.07 bits per heavy atom. The molecule has 2 rings (SSSR count). The van der Waals surface area contributed by atoms with Crippen molar-refractivity contribution >= 4 is 5.65 Å². The Morgan fingerprint density at radius 1 is 1.33 bits per heavy atom. The van der Waals surface area contributed by atoms with E-state index in [0.717, 1.165) is 11.3 Å². The Kier molecular flexibility index (Phi) is 2.27.